The number of anilines is 2. The van der Waals surface area contributed by atoms with E-state index in [0.717, 1.165) is 16.7 Å². The molecule has 0 bridgehead atoms. The monoisotopic (exact) mass is 570 g/mol. The van der Waals surface area contributed by atoms with Crippen LogP contribution in [0.4, 0.5) is 17.1 Å². The smallest absolute Gasteiger partial charge is 0.271 e. The molecule has 0 aliphatic carbocycles. The molecule has 2 amide bonds. The van der Waals surface area contributed by atoms with Gasteiger partial charge in [0.1, 0.15) is 6.04 Å². The molecule has 6 rings (SSSR count). The summed E-state index contributed by atoms with van der Waals surface area (Å²) in [5.41, 5.74) is 6.34. The van der Waals surface area contributed by atoms with Gasteiger partial charge in [0.25, 0.3) is 5.69 Å². The van der Waals surface area contributed by atoms with E-state index >= 15 is 0 Å². The highest BCUT2D eigenvalue weighted by molar-refractivity contribution is 6.20. The van der Waals surface area contributed by atoms with Gasteiger partial charge in [-0.25, -0.2) is 4.98 Å². The van der Waals surface area contributed by atoms with Crippen LogP contribution in [0.15, 0.2) is 115 Å². The van der Waals surface area contributed by atoms with Gasteiger partial charge in [0.2, 0.25) is 11.8 Å². The fourth-order valence-corrected chi connectivity index (χ4v) is 4.98. The lowest BCUT2D eigenvalue weighted by atomic mass is 9.99. The van der Waals surface area contributed by atoms with Gasteiger partial charge >= 0.3 is 0 Å². The Hall–Kier alpha value is -5.90. The summed E-state index contributed by atoms with van der Waals surface area (Å²) in [5, 5.41) is 17.2. The normalized spacial score (nSPS) is 14.2. The van der Waals surface area contributed by atoms with E-state index in [-0.39, 0.29) is 23.9 Å². The SMILES string of the molecule is O=C(Cc1cnc[nH]1)Nc1ccc(C2=NC(Cc3ccc(-c4ccccc4)cc3)C(=O)Nc3cc([N+](=O)[O-])ccc32)cc1. The topological polar surface area (TPSA) is 142 Å². The zero-order valence-electron chi connectivity index (χ0n) is 22.9. The van der Waals surface area contributed by atoms with Crippen LogP contribution in [0.3, 0.4) is 0 Å². The quantitative estimate of drug-likeness (QED) is 0.165. The van der Waals surface area contributed by atoms with Crippen LogP contribution in [-0.2, 0) is 22.4 Å². The molecule has 0 saturated carbocycles. The standard InChI is InChI=1S/C33H26N6O4/c40-31(17-26-19-34-20-35-26)36-25-12-10-24(11-13-25)32-28-15-14-27(39(42)43)18-29(28)38-33(41)30(37-32)16-21-6-8-23(9-7-21)22-4-2-1-3-5-22/h1-15,18-20,30H,16-17H2,(H,34,35)(H,36,40)(H,38,41). The van der Waals surface area contributed by atoms with Crippen molar-refractivity contribution in [1.29, 1.82) is 0 Å². The van der Waals surface area contributed by atoms with E-state index in [2.05, 4.69) is 20.6 Å². The van der Waals surface area contributed by atoms with Crippen LogP contribution >= 0.6 is 0 Å². The Kier molecular flexibility index (Phi) is 7.56. The van der Waals surface area contributed by atoms with Gasteiger partial charge in [-0.05, 0) is 34.9 Å². The summed E-state index contributed by atoms with van der Waals surface area (Å²) < 4.78 is 0. The summed E-state index contributed by atoms with van der Waals surface area (Å²) >= 11 is 0. The van der Waals surface area contributed by atoms with Crippen molar-refractivity contribution in [2.24, 2.45) is 4.99 Å². The van der Waals surface area contributed by atoms with Crippen molar-refractivity contribution >= 4 is 34.6 Å². The highest BCUT2D eigenvalue weighted by Gasteiger charge is 2.27. The molecule has 4 aromatic carbocycles. The largest absolute Gasteiger partial charge is 0.348 e. The maximum atomic E-state index is 13.4. The number of benzodiazepines with no additional fused rings is 1. The van der Waals surface area contributed by atoms with Crippen LogP contribution in [0.25, 0.3) is 11.1 Å². The number of aromatic amines is 1. The van der Waals surface area contributed by atoms with Crippen LogP contribution in [0.1, 0.15) is 22.4 Å². The van der Waals surface area contributed by atoms with Crippen LogP contribution in [-0.4, -0.2) is 38.5 Å². The predicted molar refractivity (Wildman–Crippen MR) is 164 cm³/mol. The van der Waals surface area contributed by atoms with Crippen molar-refractivity contribution in [3.05, 3.63) is 142 Å². The number of fused-ring (bicyclic) bond motifs is 1. The summed E-state index contributed by atoms with van der Waals surface area (Å²) in [6.45, 7) is 0. The van der Waals surface area contributed by atoms with Crippen LogP contribution in [0, 0.1) is 10.1 Å². The lowest BCUT2D eigenvalue weighted by molar-refractivity contribution is -0.384. The Morgan fingerprint density at radius 3 is 2.33 bits per heavy atom. The number of nitrogens with zero attached hydrogens (tertiary/aromatic N) is 3. The minimum absolute atomic E-state index is 0.135. The van der Waals surface area contributed by atoms with Crippen molar-refractivity contribution in [2.75, 3.05) is 10.6 Å². The first-order chi connectivity index (χ1) is 20.9. The molecule has 43 heavy (non-hydrogen) atoms. The predicted octanol–water partition coefficient (Wildman–Crippen LogP) is 5.57. The van der Waals surface area contributed by atoms with E-state index in [1.54, 1.807) is 36.5 Å². The van der Waals surface area contributed by atoms with E-state index < -0.39 is 11.0 Å². The van der Waals surface area contributed by atoms with Crippen LogP contribution < -0.4 is 10.6 Å². The third kappa shape index (κ3) is 6.23. The molecule has 0 fully saturated rings. The average Bonchev–Trinajstić information content (AvgIpc) is 3.49. The maximum absolute atomic E-state index is 13.4. The van der Waals surface area contributed by atoms with Crippen LogP contribution in [0.2, 0.25) is 0 Å². The summed E-state index contributed by atoms with van der Waals surface area (Å²) in [7, 11) is 0. The van der Waals surface area contributed by atoms with Crippen molar-refractivity contribution < 1.29 is 14.5 Å². The van der Waals surface area contributed by atoms with Crippen LogP contribution in [0.5, 0.6) is 0 Å². The number of carbonyl (C=O) groups excluding carboxylic acids is 2. The molecule has 1 atom stereocenters. The highest BCUT2D eigenvalue weighted by Crippen LogP contribution is 2.30. The molecule has 3 N–H and O–H groups in total. The molecule has 0 radical (unpaired) electrons. The van der Waals surface area contributed by atoms with Crippen molar-refractivity contribution in [2.45, 2.75) is 18.9 Å². The molecule has 2 heterocycles. The number of nitro groups is 1. The molecule has 0 saturated heterocycles. The van der Waals surface area contributed by atoms with Crippen molar-refractivity contribution in [3.63, 3.8) is 0 Å². The first-order valence-corrected chi connectivity index (χ1v) is 13.6. The number of non-ortho nitro benzene ring substituents is 1. The Bertz CT molecular complexity index is 1820. The molecule has 1 aromatic heterocycles. The number of rotatable bonds is 8. The maximum Gasteiger partial charge on any atom is 0.271 e. The van der Waals surface area contributed by atoms with E-state index in [9.17, 15) is 19.7 Å². The number of amides is 2. The van der Waals surface area contributed by atoms with E-state index in [0.29, 0.717) is 40.3 Å². The molecule has 212 valence electrons. The fraction of sp³-hybridized carbons (Fsp3) is 0.0909. The Morgan fingerprint density at radius 1 is 0.907 bits per heavy atom. The second-order valence-electron chi connectivity index (χ2n) is 10.1. The Morgan fingerprint density at radius 2 is 1.63 bits per heavy atom. The Labute approximate surface area is 246 Å². The number of imidazole rings is 1. The number of hydrogen-bond acceptors (Lipinski definition) is 6. The van der Waals surface area contributed by atoms with Gasteiger partial charge < -0.3 is 15.6 Å². The number of nitrogens with one attached hydrogen (secondary N) is 3. The highest BCUT2D eigenvalue weighted by atomic mass is 16.6. The van der Waals surface area contributed by atoms with Gasteiger partial charge in [0.15, 0.2) is 0 Å². The van der Waals surface area contributed by atoms with Gasteiger partial charge in [0.05, 0.1) is 29.1 Å². The minimum Gasteiger partial charge on any atom is -0.348 e. The number of aromatic nitrogens is 2. The molecular weight excluding hydrogens is 544 g/mol. The third-order valence-corrected chi connectivity index (χ3v) is 7.15. The van der Waals surface area contributed by atoms with Gasteiger partial charge in [-0.15, -0.1) is 0 Å². The van der Waals surface area contributed by atoms with E-state index in [1.165, 1.54) is 18.5 Å². The van der Waals surface area contributed by atoms with E-state index in [4.69, 9.17) is 4.99 Å². The minimum atomic E-state index is -0.780. The summed E-state index contributed by atoms with van der Waals surface area (Å²) in [5.74, 6) is -0.554. The van der Waals surface area contributed by atoms with Crippen molar-refractivity contribution in [1.82, 2.24) is 9.97 Å². The summed E-state index contributed by atoms with van der Waals surface area (Å²) in [6.07, 6.45) is 3.60. The Balaban J connectivity index is 1.29. The molecular formula is C33H26N6O4. The third-order valence-electron chi connectivity index (χ3n) is 7.15. The second kappa shape index (κ2) is 11.9. The number of benzene rings is 4. The lowest BCUT2D eigenvalue weighted by Gasteiger charge is -2.12. The zero-order valence-corrected chi connectivity index (χ0v) is 22.9. The first-order valence-electron chi connectivity index (χ1n) is 13.6. The number of H-pyrrole nitrogens is 1. The summed E-state index contributed by atoms with van der Waals surface area (Å²) in [6, 6.07) is 28.7. The number of aliphatic imine (C=N–C) groups is 1. The molecule has 10 nitrogen and oxygen atoms in total. The first kappa shape index (κ1) is 27.3. The van der Waals surface area contributed by atoms with Gasteiger partial charge in [-0.3, -0.25) is 24.7 Å². The molecule has 0 spiro atoms. The van der Waals surface area contributed by atoms with Gasteiger partial charge in [-0.1, -0.05) is 66.7 Å². The van der Waals surface area contributed by atoms with Gasteiger partial charge in [0, 0.05) is 47.3 Å². The molecule has 1 aliphatic rings. The number of hydrogen-bond donors (Lipinski definition) is 3. The van der Waals surface area contributed by atoms with Gasteiger partial charge in [-0.2, -0.15) is 0 Å². The lowest BCUT2D eigenvalue weighted by Crippen LogP contribution is -2.27. The summed E-state index contributed by atoms with van der Waals surface area (Å²) in [4.78, 5) is 48.5. The zero-order chi connectivity index (χ0) is 29.8. The molecule has 10 heteroatoms. The fourth-order valence-electron chi connectivity index (χ4n) is 4.98. The average molecular weight is 571 g/mol. The van der Waals surface area contributed by atoms with Crippen molar-refractivity contribution in [3.8, 4) is 11.1 Å². The molecule has 5 aromatic rings. The molecule has 1 aliphatic heterocycles. The molecule has 1 unspecified atom stereocenters. The second-order valence-corrected chi connectivity index (χ2v) is 10.1. The number of carbonyl (C=O) groups is 2. The number of nitro benzene ring substituents is 1. The van der Waals surface area contributed by atoms with E-state index in [1.807, 2.05) is 54.6 Å².